The lowest BCUT2D eigenvalue weighted by molar-refractivity contribution is -0.139. The van der Waals surface area contributed by atoms with E-state index in [-0.39, 0.29) is 23.3 Å². The summed E-state index contributed by atoms with van der Waals surface area (Å²) in [6, 6.07) is 17.4. The van der Waals surface area contributed by atoms with Gasteiger partial charge >= 0.3 is 0 Å². The van der Waals surface area contributed by atoms with Crippen LogP contribution in [0.1, 0.15) is 37.5 Å². The average molecular weight is 605 g/mol. The molecule has 0 aromatic heterocycles. The van der Waals surface area contributed by atoms with Crippen LogP contribution in [-0.2, 0) is 26.2 Å². The standard InChI is InChI=1S/C30H35Cl2N3O4S/c1-20(2)17-33-30(37)23(5)34(18-24-13-14-25(31)16-27(24)32)29(36)19-35(28-15-21(3)11-12-22(28)4)40(38,39)26-9-7-6-8-10-26/h6-16,20,23H,17-19H2,1-5H3,(H,33,37)/t23-/m1/s1. The molecule has 1 N–H and O–H groups in total. The van der Waals surface area contributed by atoms with E-state index in [4.69, 9.17) is 23.2 Å². The van der Waals surface area contributed by atoms with E-state index in [1.807, 2.05) is 32.9 Å². The van der Waals surface area contributed by atoms with Gasteiger partial charge in [-0.2, -0.15) is 0 Å². The molecule has 1 atom stereocenters. The lowest BCUT2D eigenvalue weighted by Gasteiger charge is -2.32. The first-order valence-corrected chi connectivity index (χ1v) is 15.2. The Morgan fingerprint density at radius 2 is 1.60 bits per heavy atom. The van der Waals surface area contributed by atoms with Crippen LogP contribution >= 0.6 is 23.2 Å². The van der Waals surface area contributed by atoms with Crippen molar-refractivity contribution in [1.29, 1.82) is 0 Å². The van der Waals surface area contributed by atoms with Gasteiger partial charge in [0.05, 0.1) is 10.6 Å². The Kier molecular flexibility index (Phi) is 10.6. The van der Waals surface area contributed by atoms with Crippen molar-refractivity contribution >= 4 is 50.7 Å². The Hall–Kier alpha value is -3.07. The molecule has 0 aliphatic rings. The molecule has 0 spiro atoms. The average Bonchev–Trinajstić information content (AvgIpc) is 2.91. The first-order chi connectivity index (χ1) is 18.8. The van der Waals surface area contributed by atoms with Gasteiger partial charge in [0.2, 0.25) is 11.8 Å². The summed E-state index contributed by atoms with van der Waals surface area (Å²) in [7, 11) is -4.13. The van der Waals surface area contributed by atoms with Crippen LogP contribution in [0.2, 0.25) is 10.0 Å². The van der Waals surface area contributed by atoms with Crippen LogP contribution in [0.25, 0.3) is 0 Å². The molecule has 0 aliphatic heterocycles. The zero-order valence-corrected chi connectivity index (χ0v) is 25.6. The number of aryl methyl sites for hydroxylation is 2. The van der Waals surface area contributed by atoms with E-state index in [1.165, 1.54) is 17.0 Å². The summed E-state index contributed by atoms with van der Waals surface area (Å²) < 4.78 is 29.0. The van der Waals surface area contributed by atoms with Gasteiger partial charge in [-0.25, -0.2) is 8.42 Å². The number of carbonyl (C=O) groups is 2. The van der Waals surface area contributed by atoms with Gasteiger partial charge in [-0.3, -0.25) is 13.9 Å². The normalized spacial score (nSPS) is 12.2. The summed E-state index contributed by atoms with van der Waals surface area (Å²) in [4.78, 5) is 28.5. The van der Waals surface area contributed by atoms with Crippen molar-refractivity contribution in [3.05, 3.63) is 93.5 Å². The lowest BCUT2D eigenvalue weighted by atomic mass is 10.1. The highest BCUT2D eigenvalue weighted by Gasteiger charge is 2.33. The Morgan fingerprint density at radius 1 is 0.925 bits per heavy atom. The number of amides is 2. The van der Waals surface area contributed by atoms with Crippen molar-refractivity contribution < 1.29 is 18.0 Å². The fourth-order valence-corrected chi connectivity index (χ4v) is 6.05. The van der Waals surface area contributed by atoms with Gasteiger partial charge in [-0.1, -0.05) is 73.4 Å². The monoisotopic (exact) mass is 603 g/mol. The highest BCUT2D eigenvalue weighted by atomic mass is 35.5. The molecular weight excluding hydrogens is 569 g/mol. The summed E-state index contributed by atoms with van der Waals surface area (Å²) >= 11 is 12.5. The number of hydrogen-bond donors (Lipinski definition) is 1. The molecule has 214 valence electrons. The lowest BCUT2D eigenvalue weighted by Crippen LogP contribution is -2.51. The fraction of sp³-hybridized carbons (Fsp3) is 0.333. The molecule has 0 heterocycles. The van der Waals surface area contributed by atoms with E-state index in [1.54, 1.807) is 56.3 Å². The third-order valence-corrected chi connectivity index (χ3v) is 8.81. The molecule has 7 nitrogen and oxygen atoms in total. The van der Waals surface area contributed by atoms with Crippen molar-refractivity contribution in [3.63, 3.8) is 0 Å². The van der Waals surface area contributed by atoms with Crippen LogP contribution in [-0.4, -0.2) is 44.3 Å². The van der Waals surface area contributed by atoms with Crippen molar-refractivity contribution in [1.82, 2.24) is 10.2 Å². The van der Waals surface area contributed by atoms with E-state index in [0.29, 0.717) is 33.4 Å². The molecule has 0 saturated heterocycles. The minimum absolute atomic E-state index is 0.0167. The van der Waals surface area contributed by atoms with Gasteiger partial charge in [0.25, 0.3) is 10.0 Å². The van der Waals surface area contributed by atoms with Gasteiger partial charge in [0.15, 0.2) is 0 Å². The number of sulfonamides is 1. The zero-order valence-electron chi connectivity index (χ0n) is 23.3. The highest BCUT2D eigenvalue weighted by Crippen LogP contribution is 2.29. The smallest absolute Gasteiger partial charge is 0.264 e. The van der Waals surface area contributed by atoms with E-state index in [2.05, 4.69) is 5.32 Å². The van der Waals surface area contributed by atoms with Crippen molar-refractivity contribution in [2.24, 2.45) is 5.92 Å². The van der Waals surface area contributed by atoms with Crippen LogP contribution in [0.5, 0.6) is 0 Å². The number of carbonyl (C=O) groups excluding carboxylic acids is 2. The molecule has 2 amide bonds. The Morgan fingerprint density at radius 3 is 2.23 bits per heavy atom. The first-order valence-electron chi connectivity index (χ1n) is 13.0. The summed E-state index contributed by atoms with van der Waals surface area (Å²) in [5, 5.41) is 3.64. The van der Waals surface area contributed by atoms with E-state index < -0.39 is 28.5 Å². The van der Waals surface area contributed by atoms with Crippen LogP contribution < -0.4 is 9.62 Å². The second-order valence-corrected chi connectivity index (χ2v) is 12.9. The zero-order chi connectivity index (χ0) is 29.6. The minimum Gasteiger partial charge on any atom is -0.354 e. The SMILES string of the molecule is Cc1ccc(C)c(N(CC(=O)N(Cc2ccc(Cl)cc2Cl)[C@H](C)C(=O)NCC(C)C)S(=O)(=O)c2ccccc2)c1. The Labute approximate surface area is 247 Å². The van der Waals surface area contributed by atoms with Crippen LogP contribution in [0, 0.1) is 19.8 Å². The van der Waals surface area contributed by atoms with E-state index >= 15 is 0 Å². The number of hydrogen-bond acceptors (Lipinski definition) is 4. The Balaban J connectivity index is 2.06. The highest BCUT2D eigenvalue weighted by molar-refractivity contribution is 7.92. The maximum absolute atomic E-state index is 14.0. The second kappa shape index (κ2) is 13.5. The van der Waals surface area contributed by atoms with Gasteiger partial charge in [-0.05, 0) is 73.7 Å². The molecule has 0 saturated carbocycles. The molecule has 0 fully saturated rings. The molecular formula is C30H35Cl2N3O4S. The maximum atomic E-state index is 14.0. The summed E-state index contributed by atoms with van der Waals surface area (Å²) in [6.07, 6.45) is 0. The number of nitrogens with zero attached hydrogens (tertiary/aromatic N) is 2. The maximum Gasteiger partial charge on any atom is 0.264 e. The van der Waals surface area contributed by atoms with Gasteiger partial charge < -0.3 is 10.2 Å². The minimum atomic E-state index is -4.13. The molecule has 0 aliphatic carbocycles. The molecule has 10 heteroatoms. The molecule has 0 bridgehead atoms. The molecule has 0 radical (unpaired) electrons. The summed E-state index contributed by atoms with van der Waals surface area (Å²) in [6.45, 7) is 9.10. The van der Waals surface area contributed by atoms with Gasteiger partial charge in [0, 0.05) is 23.1 Å². The molecule has 3 aromatic rings. The number of halogens is 2. The number of rotatable bonds is 11. The molecule has 0 unspecified atom stereocenters. The predicted octanol–water partition coefficient (Wildman–Crippen LogP) is 6.00. The van der Waals surface area contributed by atoms with E-state index in [9.17, 15) is 18.0 Å². The largest absolute Gasteiger partial charge is 0.354 e. The van der Waals surface area contributed by atoms with Gasteiger partial charge in [-0.15, -0.1) is 0 Å². The molecule has 3 rings (SSSR count). The van der Waals surface area contributed by atoms with E-state index in [0.717, 1.165) is 9.87 Å². The first kappa shape index (κ1) is 31.5. The second-order valence-electron chi connectivity index (χ2n) is 10.2. The summed E-state index contributed by atoms with van der Waals surface area (Å²) in [5.74, 6) is -0.697. The molecule has 40 heavy (non-hydrogen) atoms. The van der Waals surface area contributed by atoms with Crippen molar-refractivity contribution in [2.75, 3.05) is 17.4 Å². The van der Waals surface area contributed by atoms with Crippen molar-refractivity contribution in [3.8, 4) is 0 Å². The number of benzene rings is 3. The van der Waals surface area contributed by atoms with Crippen molar-refractivity contribution in [2.45, 2.75) is 52.1 Å². The van der Waals surface area contributed by atoms with Crippen LogP contribution in [0.3, 0.4) is 0 Å². The van der Waals surface area contributed by atoms with Crippen LogP contribution in [0.4, 0.5) is 5.69 Å². The molecule has 3 aromatic carbocycles. The topological polar surface area (TPSA) is 86.8 Å². The van der Waals surface area contributed by atoms with Gasteiger partial charge in [0.1, 0.15) is 12.6 Å². The quantitative estimate of drug-likeness (QED) is 0.291. The number of anilines is 1. The predicted molar refractivity (Wildman–Crippen MR) is 161 cm³/mol. The summed E-state index contributed by atoms with van der Waals surface area (Å²) in [5.41, 5.74) is 2.49. The Bertz CT molecular complexity index is 1460. The third-order valence-electron chi connectivity index (χ3n) is 6.45. The fourth-order valence-electron chi connectivity index (χ4n) is 4.09. The van der Waals surface area contributed by atoms with Crippen LogP contribution in [0.15, 0.2) is 71.6 Å². The number of nitrogens with one attached hydrogen (secondary N) is 1. The third kappa shape index (κ3) is 7.77.